The molecule has 1 atom stereocenters. The van der Waals surface area contributed by atoms with E-state index in [-0.39, 0.29) is 5.41 Å². The highest BCUT2D eigenvalue weighted by Crippen LogP contribution is 2.47. The van der Waals surface area contributed by atoms with Crippen LogP contribution < -0.4 is 4.57 Å². The van der Waals surface area contributed by atoms with E-state index < -0.39 is 0 Å². The van der Waals surface area contributed by atoms with Crippen molar-refractivity contribution in [1.82, 2.24) is 4.57 Å². The first-order valence-corrected chi connectivity index (χ1v) is 11.0. The number of aryl methyl sites for hydroxylation is 1. The van der Waals surface area contributed by atoms with E-state index in [4.69, 9.17) is 0 Å². The lowest BCUT2D eigenvalue weighted by Gasteiger charge is -2.27. The van der Waals surface area contributed by atoms with Gasteiger partial charge in [-0.3, -0.25) is 0 Å². The molecule has 27 heavy (non-hydrogen) atoms. The monoisotopic (exact) mass is 361 g/mol. The van der Waals surface area contributed by atoms with Crippen LogP contribution in [0.15, 0.2) is 30.3 Å². The molecule has 1 aromatic heterocycles. The highest BCUT2D eigenvalue weighted by atomic mass is 15.2. The maximum atomic E-state index is 2.62. The number of hydrogen-bond donors (Lipinski definition) is 0. The smallest absolute Gasteiger partial charge is 0.202 e. The molecule has 3 aliphatic rings. The predicted octanol–water partition coefficient (Wildman–Crippen LogP) is 5.97. The highest BCUT2D eigenvalue weighted by Gasteiger charge is 2.49. The first-order chi connectivity index (χ1) is 13.1. The molecule has 142 valence electrons. The van der Waals surface area contributed by atoms with Crippen molar-refractivity contribution in [1.29, 1.82) is 0 Å². The summed E-state index contributed by atoms with van der Waals surface area (Å²) in [6, 6.07) is 8.93. The van der Waals surface area contributed by atoms with E-state index in [2.05, 4.69) is 66.4 Å². The first-order valence-electron chi connectivity index (χ1n) is 11.0. The lowest BCUT2D eigenvalue weighted by molar-refractivity contribution is -0.585. The van der Waals surface area contributed by atoms with Crippen LogP contribution in [-0.2, 0) is 5.41 Å². The van der Waals surface area contributed by atoms with Gasteiger partial charge in [0, 0.05) is 6.92 Å². The maximum absolute atomic E-state index is 2.62. The predicted molar refractivity (Wildman–Crippen MR) is 111 cm³/mol. The standard InChI is InChI=1S/C25H33N2/c1-18-10-4-9-15-22(18)27-19(2)23-25(3,21-13-7-8-14-21)16-17-26(23)24(27)20-11-5-6-12-20/h4,9-10,15-17,20-21H,5-8,11-14H2,1-3H3/q+1. The van der Waals surface area contributed by atoms with E-state index in [1.54, 1.807) is 5.69 Å². The molecular weight excluding hydrogens is 328 g/mol. The van der Waals surface area contributed by atoms with Gasteiger partial charge in [-0.2, -0.15) is 4.57 Å². The quantitative estimate of drug-likeness (QED) is 0.595. The summed E-state index contributed by atoms with van der Waals surface area (Å²) in [7, 11) is 0. The number of rotatable bonds is 3. The van der Waals surface area contributed by atoms with Crippen molar-refractivity contribution in [2.75, 3.05) is 0 Å². The molecule has 2 heterocycles. The van der Waals surface area contributed by atoms with Crippen LogP contribution in [0.2, 0.25) is 0 Å². The molecule has 0 spiro atoms. The van der Waals surface area contributed by atoms with Crippen LogP contribution in [0, 0.1) is 19.8 Å². The fourth-order valence-corrected chi connectivity index (χ4v) is 6.32. The molecule has 2 heteroatoms. The molecule has 0 saturated heterocycles. The number of para-hydroxylation sites is 1. The van der Waals surface area contributed by atoms with E-state index >= 15 is 0 Å². The number of benzene rings is 1. The molecule has 1 unspecified atom stereocenters. The van der Waals surface area contributed by atoms with Gasteiger partial charge in [0.2, 0.25) is 0 Å². The highest BCUT2D eigenvalue weighted by molar-refractivity contribution is 5.47. The van der Waals surface area contributed by atoms with Gasteiger partial charge in [-0.25, -0.2) is 4.57 Å². The molecule has 2 aromatic rings. The van der Waals surface area contributed by atoms with E-state index in [1.807, 2.05) is 0 Å². The number of imidazole rings is 1. The molecule has 2 aliphatic carbocycles. The molecule has 2 nitrogen and oxygen atoms in total. The summed E-state index contributed by atoms with van der Waals surface area (Å²) >= 11 is 0. The molecule has 0 amide bonds. The second-order valence-electron chi connectivity index (χ2n) is 9.35. The molecule has 0 bridgehead atoms. The third kappa shape index (κ3) is 2.48. The second kappa shape index (κ2) is 6.36. The summed E-state index contributed by atoms with van der Waals surface area (Å²) in [5.41, 5.74) is 5.98. The Morgan fingerprint density at radius 2 is 1.63 bits per heavy atom. The Bertz CT molecular complexity index is 891. The van der Waals surface area contributed by atoms with Crippen LogP contribution in [0.3, 0.4) is 0 Å². The molecule has 1 aliphatic heterocycles. The van der Waals surface area contributed by atoms with E-state index in [0.717, 1.165) is 5.92 Å². The Labute approximate surface area is 163 Å². The SMILES string of the molecule is Cc1ccccc1-n1c(C)c2[n+](c1C1CCCC1)C=CC2(C)C1CCCC1. The molecule has 2 saturated carbocycles. The van der Waals surface area contributed by atoms with Crippen LogP contribution in [0.5, 0.6) is 0 Å². The number of aromatic nitrogens is 2. The Kier molecular flexibility index (Phi) is 4.07. The van der Waals surface area contributed by atoms with Crippen molar-refractivity contribution in [3.8, 4) is 5.69 Å². The Morgan fingerprint density at radius 3 is 2.33 bits per heavy atom. The van der Waals surface area contributed by atoms with Crippen molar-refractivity contribution in [3.63, 3.8) is 0 Å². The number of hydrogen-bond acceptors (Lipinski definition) is 0. The Balaban J connectivity index is 1.75. The molecular formula is C25H33N2+. The zero-order chi connectivity index (χ0) is 18.6. The summed E-state index contributed by atoms with van der Waals surface area (Å²) in [5.74, 6) is 3.02. The Hall–Kier alpha value is -1.83. The largest absolute Gasteiger partial charge is 0.269 e. The van der Waals surface area contributed by atoms with Gasteiger partial charge in [-0.05, 0) is 63.2 Å². The Morgan fingerprint density at radius 1 is 0.963 bits per heavy atom. The summed E-state index contributed by atoms with van der Waals surface area (Å²) in [6.45, 7) is 7.14. The van der Waals surface area contributed by atoms with Gasteiger partial charge >= 0.3 is 0 Å². The molecule has 1 aromatic carbocycles. The molecule has 0 N–H and O–H groups in total. The number of allylic oxidation sites excluding steroid dienone is 1. The normalized spacial score (nSPS) is 25.6. The zero-order valence-electron chi connectivity index (χ0n) is 17.2. The third-order valence-electron chi connectivity index (χ3n) is 7.75. The average Bonchev–Trinajstić information content (AvgIpc) is 3.43. The van der Waals surface area contributed by atoms with Gasteiger partial charge in [0.15, 0.2) is 5.69 Å². The van der Waals surface area contributed by atoms with Crippen LogP contribution in [-0.4, -0.2) is 4.57 Å². The summed E-state index contributed by atoms with van der Waals surface area (Å²) in [5, 5.41) is 0. The fourth-order valence-electron chi connectivity index (χ4n) is 6.32. The topological polar surface area (TPSA) is 8.81 Å². The first kappa shape index (κ1) is 17.3. The van der Waals surface area contributed by atoms with Gasteiger partial charge in [-0.15, -0.1) is 0 Å². The fraction of sp³-hybridized carbons (Fsp3) is 0.560. The average molecular weight is 362 g/mol. The van der Waals surface area contributed by atoms with E-state index in [1.165, 1.54) is 74.1 Å². The van der Waals surface area contributed by atoms with Crippen LogP contribution in [0.1, 0.15) is 87.0 Å². The minimum absolute atomic E-state index is 0.196. The zero-order valence-corrected chi connectivity index (χ0v) is 17.2. The van der Waals surface area contributed by atoms with Gasteiger partial charge in [0.25, 0.3) is 5.82 Å². The van der Waals surface area contributed by atoms with Crippen LogP contribution in [0.4, 0.5) is 0 Å². The second-order valence-corrected chi connectivity index (χ2v) is 9.35. The van der Waals surface area contributed by atoms with Crippen molar-refractivity contribution in [3.05, 3.63) is 53.1 Å². The van der Waals surface area contributed by atoms with Gasteiger partial charge in [0.05, 0.1) is 17.5 Å². The maximum Gasteiger partial charge on any atom is 0.269 e. The minimum atomic E-state index is 0.196. The number of fused-ring (bicyclic) bond motifs is 1. The number of nitrogens with zero attached hydrogens (tertiary/aromatic N) is 2. The van der Waals surface area contributed by atoms with Crippen LogP contribution >= 0.6 is 0 Å². The summed E-state index contributed by atoms with van der Waals surface area (Å²) in [6.07, 6.45) is 16.0. The van der Waals surface area contributed by atoms with Crippen molar-refractivity contribution in [2.45, 2.75) is 83.5 Å². The third-order valence-corrected chi connectivity index (χ3v) is 7.75. The van der Waals surface area contributed by atoms with Crippen molar-refractivity contribution < 1.29 is 4.57 Å². The molecule has 2 fully saturated rings. The lowest BCUT2D eigenvalue weighted by Crippen LogP contribution is -2.39. The van der Waals surface area contributed by atoms with E-state index in [9.17, 15) is 0 Å². The van der Waals surface area contributed by atoms with Gasteiger partial charge in [0.1, 0.15) is 11.4 Å². The van der Waals surface area contributed by atoms with Gasteiger partial charge < -0.3 is 0 Å². The molecule has 0 radical (unpaired) electrons. The van der Waals surface area contributed by atoms with Gasteiger partial charge in [-0.1, -0.05) is 43.9 Å². The van der Waals surface area contributed by atoms with Crippen molar-refractivity contribution >= 4 is 6.20 Å². The van der Waals surface area contributed by atoms with Crippen molar-refractivity contribution in [2.24, 2.45) is 5.92 Å². The molecule has 5 rings (SSSR count). The van der Waals surface area contributed by atoms with E-state index in [0.29, 0.717) is 5.92 Å². The van der Waals surface area contributed by atoms with Crippen LogP contribution in [0.25, 0.3) is 11.9 Å². The lowest BCUT2D eigenvalue weighted by atomic mass is 9.74. The summed E-state index contributed by atoms with van der Waals surface area (Å²) in [4.78, 5) is 0. The summed E-state index contributed by atoms with van der Waals surface area (Å²) < 4.78 is 5.23. The minimum Gasteiger partial charge on any atom is -0.202 e.